The van der Waals surface area contributed by atoms with Crippen LogP contribution in [0.2, 0.25) is 0 Å². The van der Waals surface area contributed by atoms with Gasteiger partial charge >= 0.3 is 5.97 Å². The second-order valence-corrected chi connectivity index (χ2v) is 4.71. The van der Waals surface area contributed by atoms with Gasteiger partial charge < -0.3 is 19.5 Å². The summed E-state index contributed by atoms with van der Waals surface area (Å²) in [5.41, 5.74) is 2.94. The van der Waals surface area contributed by atoms with Crippen molar-refractivity contribution in [1.82, 2.24) is 0 Å². The highest BCUT2D eigenvalue weighted by atomic mass is 16.5. The highest BCUT2D eigenvalue weighted by Gasteiger charge is 2.10. The summed E-state index contributed by atoms with van der Waals surface area (Å²) in [5.74, 6) is -0.956. The second-order valence-electron chi connectivity index (χ2n) is 4.71. The Morgan fingerprint density at radius 3 is 2.38 bits per heavy atom. The first-order valence-corrected chi connectivity index (χ1v) is 6.83. The summed E-state index contributed by atoms with van der Waals surface area (Å²) in [6, 6.07) is 5.99. The summed E-state index contributed by atoms with van der Waals surface area (Å²) < 4.78 is 10.3. The lowest BCUT2D eigenvalue weighted by molar-refractivity contribution is -0.131. The molecule has 1 rings (SSSR count). The number of rotatable bonds is 9. The minimum atomic E-state index is -0.956. The van der Waals surface area contributed by atoms with E-state index < -0.39 is 5.97 Å². The molecule has 0 radical (unpaired) electrons. The van der Waals surface area contributed by atoms with Crippen molar-refractivity contribution in [3.05, 3.63) is 35.4 Å². The first-order chi connectivity index (χ1) is 10.1. The van der Waals surface area contributed by atoms with Crippen LogP contribution in [-0.2, 0) is 14.3 Å². The molecule has 0 atom stereocenters. The smallest absolute Gasteiger partial charge is 0.328 e. The normalized spacial score (nSPS) is 11.0. The first-order valence-electron chi connectivity index (χ1n) is 6.83. The van der Waals surface area contributed by atoms with Gasteiger partial charge in [0.05, 0.1) is 13.2 Å². The molecular weight excluding hydrogens is 270 g/mol. The summed E-state index contributed by atoms with van der Waals surface area (Å²) >= 11 is 0. The Bertz CT molecular complexity index is 477. The zero-order valence-corrected chi connectivity index (χ0v) is 12.8. The molecule has 0 aliphatic carbocycles. The van der Waals surface area contributed by atoms with Gasteiger partial charge in [-0.25, -0.2) is 4.79 Å². The molecule has 5 nitrogen and oxygen atoms in total. The van der Waals surface area contributed by atoms with Gasteiger partial charge in [-0.1, -0.05) is 11.6 Å². The van der Waals surface area contributed by atoms with Crippen molar-refractivity contribution in [2.24, 2.45) is 0 Å². The Balaban J connectivity index is 3.06. The predicted octanol–water partition coefficient (Wildman–Crippen LogP) is 2.19. The third-order valence-electron chi connectivity index (χ3n) is 3.06. The lowest BCUT2D eigenvalue weighted by Crippen LogP contribution is -2.31. The molecule has 0 unspecified atom stereocenters. The van der Waals surface area contributed by atoms with Gasteiger partial charge in [0.1, 0.15) is 0 Å². The lowest BCUT2D eigenvalue weighted by atomic mass is 10.1. The molecule has 21 heavy (non-hydrogen) atoms. The van der Waals surface area contributed by atoms with Crippen LogP contribution in [-0.4, -0.2) is 51.6 Å². The van der Waals surface area contributed by atoms with Crippen molar-refractivity contribution in [3.63, 3.8) is 0 Å². The average molecular weight is 293 g/mol. The maximum Gasteiger partial charge on any atom is 0.328 e. The summed E-state index contributed by atoms with van der Waals surface area (Å²) in [7, 11) is 3.32. The fourth-order valence-electron chi connectivity index (χ4n) is 2.01. The molecule has 0 spiro atoms. The molecule has 0 fully saturated rings. The van der Waals surface area contributed by atoms with E-state index in [-0.39, 0.29) is 0 Å². The average Bonchev–Trinajstić information content (AvgIpc) is 2.46. The minimum Gasteiger partial charge on any atom is -0.478 e. The quantitative estimate of drug-likeness (QED) is 0.707. The van der Waals surface area contributed by atoms with Gasteiger partial charge in [0, 0.05) is 39.1 Å². The van der Waals surface area contributed by atoms with E-state index in [2.05, 4.69) is 4.90 Å². The molecular formula is C16H23NO4. The molecule has 0 aliphatic heterocycles. The van der Waals surface area contributed by atoms with Crippen molar-refractivity contribution in [3.8, 4) is 0 Å². The number of hydrogen-bond acceptors (Lipinski definition) is 4. The van der Waals surface area contributed by atoms with E-state index in [1.807, 2.05) is 25.1 Å². The summed E-state index contributed by atoms with van der Waals surface area (Å²) in [6.07, 6.45) is 2.78. The van der Waals surface area contributed by atoms with Crippen molar-refractivity contribution in [1.29, 1.82) is 0 Å². The number of anilines is 1. The maximum atomic E-state index is 10.7. The van der Waals surface area contributed by atoms with Crippen molar-refractivity contribution >= 4 is 17.7 Å². The highest BCUT2D eigenvalue weighted by molar-refractivity contribution is 5.87. The van der Waals surface area contributed by atoms with E-state index in [1.165, 1.54) is 0 Å². The number of carbonyl (C=O) groups is 1. The van der Waals surface area contributed by atoms with Gasteiger partial charge in [-0.15, -0.1) is 0 Å². The van der Waals surface area contributed by atoms with E-state index in [9.17, 15) is 4.79 Å². The van der Waals surface area contributed by atoms with Gasteiger partial charge in [-0.2, -0.15) is 0 Å². The van der Waals surface area contributed by atoms with Crippen LogP contribution >= 0.6 is 0 Å². The standard InChI is InChI=1S/C16H23NO4/c1-13-4-6-15(14(12-13)5-7-16(18)19)17(8-10-20-2)9-11-21-3/h4-7,12H,8-11H2,1-3H3,(H,18,19)/b7-5+. The van der Waals surface area contributed by atoms with E-state index in [1.54, 1.807) is 20.3 Å². The predicted molar refractivity (Wildman–Crippen MR) is 83.8 cm³/mol. The number of carboxylic acids is 1. The maximum absolute atomic E-state index is 10.7. The number of ether oxygens (including phenoxy) is 2. The molecule has 5 heteroatoms. The van der Waals surface area contributed by atoms with Crippen molar-refractivity contribution < 1.29 is 19.4 Å². The summed E-state index contributed by atoms with van der Waals surface area (Å²) in [6.45, 7) is 4.61. The van der Waals surface area contributed by atoms with Gasteiger partial charge in [-0.05, 0) is 30.7 Å². The lowest BCUT2D eigenvalue weighted by Gasteiger charge is -2.26. The van der Waals surface area contributed by atoms with Crippen LogP contribution in [0.15, 0.2) is 24.3 Å². The topological polar surface area (TPSA) is 59.0 Å². The van der Waals surface area contributed by atoms with E-state index in [0.717, 1.165) is 36.0 Å². The van der Waals surface area contributed by atoms with Crippen molar-refractivity contribution in [2.75, 3.05) is 45.4 Å². The third-order valence-corrected chi connectivity index (χ3v) is 3.06. The Kier molecular flexibility index (Phi) is 7.50. The molecule has 0 heterocycles. The van der Waals surface area contributed by atoms with Crippen LogP contribution in [0.25, 0.3) is 6.08 Å². The highest BCUT2D eigenvalue weighted by Crippen LogP contribution is 2.23. The molecule has 116 valence electrons. The molecule has 0 saturated carbocycles. The van der Waals surface area contributed by atoms with E-state index in [4.69, 9.17) is 14.6 Å². The minimum absolute atomic E-state index is 0.597. The number of hydrogen-bond donors (Lipinski definition) is 1. The molecule has 0 saturated heterocycles. The number of methoxy groups -OCH3 is 2. The Morgan fingerprint density at radius 1 is 1.24 bits per heavy atom. The Labute approximate surface area is 125 Å². The second kappa shape index (κ2) is 9.15. The summed E-state index contributed by atoms with van der Waals surface area (Å²) in [5, 5.41) is 8.82. The van der Waals surface area contributed by atoms with E-state index >= 15 is 0 Å². The van der Waals surface area contributed by atoms with Crippen LogP contribution in [0, 0.1) is 6.92 Å². The zero-order valence-electron chi connectivity index (χ0n) is 12.8. The molecule has 1 N–H and O–H groups in total. The molecule has 0 aromatic heterocycles. The molecule has 0 bridgehead atoms. The molecule has 0 aliphatic rings. The Hall–Kier alpha value is -1.85. The van der Waals surface area contributed by atoms with Crippen LogP contribution in [0.5, 0.6) is 0 Å². The van der Waals surface area contributed by atoms with Crippen molar-refractivity contribution in [2.45, 2.75) is 6.92 Å². The fraction of sp³-hybridized carbons (Fsp3) is 0.438. The van der Waals surface area contributed by atoms with Gasteiger partial charge in [0.15, 0.2) is 0 Å². The van der Waals surface area contributed by atoms with Gasteiger partial charge in [0.2, 0.25) is 0 Å². The Morgan fingerprint density at radius 2 is 1.86 bits per heavy atom. The van der Waals surface area contributed by atoms with Gasteiger partial charge in [0.25, 0.3) is 0 Å². The largest absolute Gasteiger partial charge is 0.478 e. The van der Waals surface area contributed by atoms with Crippen LogP contribution in [0.1, 0.15) is 11.1 Å². The molecule has 0 amide bonds. The monoisotopic (exact) mass is 293 g/mol. The first kappa shape index (κ1) is 17.2. The SMILES string of the molecule is COCCN(CCOC)c1ccc(C)cc1/C=C/C(=O)O. The third kappa shape index (κ3) is 5.97. The number of aryl methyl sites for hydroxylation is 1. The molecule has 1 aromatic rings. The zero-order chi connectivity index (χ0) is 15.7. The van der Waals surface area contributed by atoms with Crippen LogP contribution < -0.4 is 4.90 Å². The van der Waals surface area contributed by atoms with Crippen LogP contribution in [0.4, 0.5) is 5.69 Å². The number of aliphatic carboxylic acids is 1. The van der Waals surface area contributed by atoms with Gasteiger partial charge in [-0.3, -0.25) is 0 Å². The summed E-state index contributed by atoms with van der Waals surface area (Å²) in [4.78, 5) is 12.9. The van der Waals surface area contributed by atoms with Crippen LogP contribution in [0.3, 0.4) is 0 Å². The van der Waals surface area contributed by atoms with E-state index in [0.29, 0.717) is 13.2 Å². The number of carboxylic acid groups (broad SMARTS) is 1. The number of nitrogens with zero attached hydrogens (tertiary/aromatic N) is 1. The number of benzene rings is 1. The molecule has 1 aromatic carbocycles. The fourth-order valence-corrected chi connectivity index (χ4v) is 2.01.